The third-order valence-electron chi connectivity index (χ3n) is 4.60. The second-order valence-corrected chi connectivity index (χ2v) is 8.81. The Balaban J connectivity index is 2.08. The zero-order valence-electron chi connectivity index (χ0n) is 15.2. The van der Waals surface area contributed by atoms with Crippen molar-refractivity contribution in [3.05, 3.63) is 71.4 Å². The van der Waals surface area contributed by atoms with E-state index in [4.69, 9.17) is 0 Å². The second-order valence-electron chi connectivity index (χ2n) is 6.85. The number of hydrogen-bond acceptors (Lipinski definition) is 3. The zero-order chi connectivity index (χ0) is 21.4. The van der Waals surface area contributed by atoms with Crippen LogP contribution in [0.5, 0.6) is 0 Å². The molecule has 1 heterocycles. The van der Waals surface area contributed by atoms with Gasteiger partial charge in [-0.2, -0.15) is 13.2 Å². The number of alkyl halides is 5. The number of halogens is 5. The topological polar surface area (TPSA) is 47.0 Å². The molecule has 0 radical (unpaired) electrons. The summed E-state index contributed by atoms with van der Waals surface area (Å²) in [6, 6.07) is 6.95. The monoisotopic (exact) mass is 429 g/mol. The molecule has 0 spiro atoms. The molecule has 0 saturated heterocycles. The van der Waals surface area contributed by atoms with Gasteiger partial charge < -0.3 is 0 Å². The first-order valence-electron chi connectivity index (χ1n) is 8.41. The number of aromatic nitrogens is 1. The lowest BCUT2D eigenvalue weighted by molar-refractivity contribution is -0.137. The molecule has 2 aromatic rings. The Morgan fingerprint density at radius 1 is 0.897 bits per heavy atom. The van der Waals surface area contributed by atoms with Crippen molar-refractivity contribution in [3.63, 3.8) is 0 Å². The maximum atomic E-state index is 13.6. The Morgan fingerprint density at radius 3 is 1.83 bits per heavy atom. The van der Waals surface area contributed by atoms with Gasteiger partial charge in [0.05, 0.1) is 11.0 Å². The van der Waals surface area contributed by atoms with Crippen LogP contribution >= 0.6 is 0 Å². The number of nitrogens with zero attached hydrogens (tertiary/aromatic N) is 1. The van der Waals surface area contributed by atoms with Crippen molar-refractivity contribution < 1.29 is 30.4 Å². The predicted octanol–water partition coefficient (Wildman–Crippen LogP) is 4.91. The van der Waals surface area contributed by atoms with Crippen molar-refractivity contribution in [2.75, 3.05) is 19.6 Å². The summed E-state index contributed by atoms with van der Waals surface area (Å²) >= 11 is 0. The van der Waals surface area contributed by atoms with Crippen molar-refractivity contribution in [2.45, 2.75) is 11.2 Å². The van der Waals surface area contributed by atoms with E-state index in [2.05, 4.69) is 4.98 Å². The van der Waals surface area contributed by atoms with Crippen LogP contribution in [0.25, 0.3) is 11.1 Å². The molecular weight excluding hydrogens is 413 g/mol. The van der Waals surface area contributed by atoms with E-state index in [0.29, 0.717) is 22.3 Å². The van der Waals surface area contributed by atoms with Gasteiger partial charge >= 0.3 is 6.18 Å². The molecule has 3 rings (SSSR count). The van der Waals surface area contributed by atoms with Gasteiger partial charge in [0.1, 0.15) is 13.3 Å². The molecule has 0 saturated carbocycles. The van der Waals surface area contributed by atoms with Gasteiger partial charge in [-0.05, 0) is 41.0 Å². The summed E-state index contributed by atoms with van der Waals surface area (Å²) in [6.07, 6.45) is 0.447. The van der Waals surface area contributed by atoms with E-state index in [0.717, 1.165) is 18.4 Å². The van der Waals surface area contributed by atoms with Crippen LogP contribution < -0.4 is 0 Å². The molecule has 0 fully saturated rings. The summed E-state index contributed by atoms with van der Waals surface area (Å²) in [4.78, 5) is 3.88. The highest BCUT2D eigenvalue weighted by atomic mass is 32.2. The van der Waals surface area contributed by atoms with Crippen LogP contribution in [0.3, 0.4) is 0 Å². The van der Waals surface area contributed by atoms with Crippen molar-refractivity contribution in [3.8, 4) is 0 Å². The SMILES string of the molecule is CS(=O)(=O)c1ccc(C2=CC(CF)(CF)C=C2c2ccc(C(F)(F)F)cc2)cn1. The largest absolute Gasteiger partial charge is 0.416 e. The first kappa shape index (κ1) is 21.2. The van der Waals surface area contributed by atoms with E-state index in [1.54, 1.807) is 0 Å². The number of allylic oxidation sites excluding steroid dienone is 4. The van der Waals surface area contributed by atoms with Crippen LogP contribution in [0.15, 0.2) is 59.8 Å². The van der Waals surface area contributed by atoms with Gasteiger partial charge in [0.15, 0.2) is 14.9 Å². The van der Waals surface area contributed by atoms with E-state index < -0.39 is 40.3 Å². The van der Waals surface area contributed by atoms with Crippen molar-refractivity contribution in [1.29, 1.82) is 0 Å². The number of sulfone groups is 1. The maximum absolute atomic E-state index is 13.6. The van der Waals surface area contributed by atoms with Crippen molar-refractivity contribution in [2.24, 2.45) is 5.41 Å². The highest BCUT2D eigenvalue weighted by Crippen LogP contribution is 2.45. The molecule has 154 valence electrons. The van der Waals surface area contributed by atoms with Crippen LogP contribution in [0.2, 0.25) is 0 Å². The molecule has 1 aromatic carbocycles. The van der Waals surface area contributed by atoms with Gasteiger partial charge in [0.2, 0.25) is 0 Å². The van der Waals surface area contributed by atoms with Crippen molar-refractivity contribution >= 4 is 21.0 Å². The Hall–Kier alpha value is -2.55. The van der Waals surface area contributed by atoms with Crippen LogP contribution in [-0.2, 0) is 16.0 Å². The van der Waals surface area contributed by atoms with E-state index in [9.17, 15) is 30.4 Å². The summed E-state index contributed by atoms with van der Waals surface area (Å²) in [5.41, 5.74) is -0.919. The molecule has 0 aliphatic heterocycles. The first-order valence-corrected chi connectivity index (χ1v) is 10.3. The Bertz CT molecular complexity index is 1070. The molecule has 0 N–H and O–H groups in total. The fourth-order valence-electron chi connectivity index (χ4n) is 3.04. The van der Waals surface area contributed by atoms with Gasteiger partial charge in [0, 0.05) is 18.0 Å². The van der Waals surface area contributed by atoms with E-state index in [1.807, 2.05) is 0 Å². The van der Waals surface area contributed by atoms with E-state index in [1.165, 1.54) is 42.6 Å². The summed E-state index contributed by atoms with van der Waals surface area (Å²) in [5.74, 6) is 0. The second kappa shape index (κ2) is 7.37. The first-order chi connectivity index (χ1) is 13.5. The number of hydrogen-bond donors (Lipinski definition) is 0. The lowest BCUT2D eigenvalue weighted by Gasteiger charge is -2.15. The summed E-state index contributed by atoms with van der Waals surface area (Å²) in [5, 5.41) is -0.165. The Labute approximate surface area is 164 Å². The quantitative estimate of drug-likeness (QED) is 0.635. The van der Waals surface area contributed by atoms with Crippen LogP contribution in [0.1, 0.15) is 16.7 Å². The maximum Gasteiger partial charge on any atom is 0.416 e. The molecule has 0 atom stereocenters. The zero-order valence-corrected chi connectivity index (χ0v) is 16.0. The number of pyridine rings is 1. The van der Waals surface area contributed by atoms with Gasteiger partial charge in [-0.3, -0.25) is 0 Å². The van der Waals surface area contributed by atoms with E-state index in [-0.39, 0.29) is 5.03 Å². The average Bonchev–Trinajstić information content (AvgIpc) is 3.07. The fourth-order valence-corrected chi connectivity index (χ4v) is 3.60. The molecule has 0 bridgehead atoms. The lowest BCUT2D eigenvalue weighted by Crippen LogP contribution is -2.18. The molecule has 1 aromatic heterocycles. The molecule has 1 aliphatic carbocycles. The van der Waals surface area contributed by atoms with Gasteiger partial charge in [-0.1, -0.05) is 24.3 Å². The minimum absolute atomic E-state index is 0.165. The standard InChI is InChI=1S/C20H16F5NO2S/c1-29(27,28)18-7-4-14(10-26-18)17-9-19(11-21,12-22)8-16(17)13-2-5-15(6-3-13)20(23,24)25/h2-10H,11-12H2,1H3. The molecule has 3 nitrogen and oxygen atoms in total. The molecular formula is C20H16F5NO2S. The van der Waals surface area contributed by atoms with Gasteiger partial charge in [-0.25, -0.2) is 22.2 Å². The molecule has 9 heteroatoms. The van der Waals surface area contributed by atoms with Gasteiger partial charge in [-0.15, -0.1) is 0 Å². The lowest BCUT2D eigenvalue weighted by atomic mass is 9.93. The van der Waals surface area contributed by atoms with Crippen LogP contribution in [0, 0.1) is 5.41 Å². The minimum Gasteiger partial charge on any atom is -0.250 e. The molecule has 0 unspecified atom stereocenters. The highest BCUT2D eigenvalue weighted by molar-refractivity contribution is 7.90. The Morgan fingerprint density at radius 2 is 1.41 bits per heavy atom. The van der Waals surface area contributed by atoms with Crippen molar-refractivity contribution in [1.82, 2.24) is 4.98 Å². The average molecular weight is 429 g/mol. The summed E-state index contributed by atoms with van der Waals surface area (Å²) in [7, 11) is -3.53. The van der Waals surface area contributed by atoms with Gasteiger partial charge in [0.25, 0.3) is 0 Å². The number of benzene rings is 1. The van der Waals surface area contributed by atoms with Crippen LogP contribution in [-0.4, -0.2) is 33.0 Å². The molecule has 0 amide bonds. The minimum atomic E-state index is -4.51. The highest BCUT2D eigenvalue weighted by Gasteiger charge is 2.35. The smallest absolute Gasteiger partial charge is 0.250 e. The Kier molecular flexibility index (Phi) is 5.38. The third-order valence-corrected chi connectivity index (χ3v) is 5.60. The fraction of sp³-hybridized carbons (Fsp3) is 0.250. The summed E-state index contributed by atoms with van der Waals surface area (Å²) in [6.45, 7) is -2.07. The van der Waals surface area contributed by atoms with E-state index >= 15 is 0 Å². The predicted molar refractivity (Wildman–Crippen MR) is 99.1 cm³/mol. The number of rotatable bonds is 5. The normalized spacial score (nSPS) is 16.5. The summed E-state index contributed by atoms with van der Waals surface area (Å²) < 4.78 is 88.8. The van der Waals surface area contributed by atoms with Crippen LogP contribution in [0.4, 0.5) is 22.0 Å². The molecule has 29 heavy (non-hydrogen) atoms. The third kappa shape index (κ3) is 4.24. The molecule has 1 aliphatic rings.